The summed E-state index contributed by atoms with van der Waals surface area (Å²) in [6, 6.07) is 7.89. The maximum Gasteiger partial charge on any atom is 0.421 e. The number of aliphatic imine (C=N–C) groups is 1. The summed E-state index contributed by atoms with van der Waals surface area (Å²) in [6.07, 6.45) is 0. The molecule has 31 heavy (non-hydrogen) atoms. The van der Waals surface area contributed by atoms with Crippen molar-refractivity contribution in [2.75, 3.05) is 27.3 Å². The van der Waals surface area contributed by atoms with Gasteiger partial charge in [0.2, 0.25) is 11.9 Å². The molecule has 0 N–H and O–H groups in total. The van der Waals surface area contributed by atoms with E-state index in [9.17, 15) is 9.59 Å². The number of hydrogen-bond donors (Lipinski definition) is 0. The van der Waals surface area contributed by atoms with Gasteiger partial charge in [-0.2, -0.15) is 0 Å². The highest BCUT2D eigenvalue weighted by molar-refractivity contribution is 6.30. The molecule has 162 valence electrons. The van der Waals surface area contributed by atoms with Crippen LogP contribution in [0.5, 0.6) is 0 Å². The number of carbonyl (C=O) groups is 2. The van der Waals surface area contributed by atoms with Crippen LogP contribution < -0.4 is 0 Å². The number of carbonyl (C=O) groups excluding carboxylic acids is 2. The zero-order valence-electron chi connectivity index (χ0n) is 17.9. The van der Waals surface area contributed by atoms with Crippen LogP contribution >= 0.6 is 11.6 Å². The SMILES string of the molecule is COCC[N+]1=C(n2nc(C)cc2C)N=C2C1C(=O)N(Cc1cccc(Cl)c1)C(=O)N2C. The number of nitrogens with zero attached hydrogens (tertiary/aromatic N) is 6. The van der Waals surface area contributed by atoms with E-state index in [1.54, 1.807) is 37.0 Å². The zero-order valence-corrected chi connectivity index (χ0v) is 18.6. The fraction of sp³-hybridized carbons (Fsp3) is 0.381. The van der Waals surface area contributed by atoms with E-state index < -0.39 is 12.1 Å². The molecule has 0 bridgehead atoms. The van der Waals surface area contributed by atoms with Crippen molar-refractivity contribution in [3.05, 3.63) is 52.3 Å². The minimum absolute atomic E-state index is 0.125. The van der Waals surface area contributed by atoms with Crippen LogP contribution in [0.3, 0.4) is 0 Å². The minimum atomic E-state index is -0.740. The molecule has 3 heterocycles. The highest BCUT2D eigenvalue weighted by atomic mass is 35.5. The Bertz CT molecular complexity index is 1120. The van der Waals surface area contributed by atoms with Gasteiger partial charge in [0, 0.05) is 19.2 Å². The molecule has 1 unspecified atom stereocenters. The van der Waals surface area contributed by atoms with Gasteiger partial charge >= 0.3 is 12.0 Å². The summed E-state index contributed by atoms with van der Waals surface area (Å²) in [7, 11) is 3.23. The maximum absolute atomic E-state index is 13.5. The fourth-order valence-electron chi connectivity index (χ4n) is 3.89. The summed E-state index contributed by atoms with van der Waals surface area (Å²) in [4.78, 5) is 33.9. The first kappa shape index (κ1) is 21.2. The third kappa shape index (κ3) is 3.75. The van der Waals surface area contributed by atoms with Crippen molar-refractivity contribution in [2.24, 2.45) is 4.99 Å². The molecule has 4 rings (SSSR count). The lowest BCUT2D eigenvalue weighted by Gasteiger charge is -2.34. The van der Waals surface area contributed by atoms with E-state index in [1.807, 2.05) is 30.6 Å². The number of hydrogen-bond acceptors (Lipinski definition) is 5. The van der Waals surface area contributed by atoms with E-state index in [-0.39, 0.29) is 12.5 Å². The zero-order chi connectivity index (χ0) is 22.3. The molecule has 0 spiro atoms. The number of amides is 3. The maximum atomic E-state index is 13.5. The van der Waals surface area contributed by atoms with Gasteiger partial charge in [0.1, 0.15) is 5.69 Å². The first-order valence-electron chi connectivity index (χ1n) is 9.90. The molecule has 3 amide bonds. The van der Waals surface area contributed by atoms with Crippen molar-refractivity contribution in [3.8, 4) is 0 Å². The van der Waals surface area contributed by atoms with Crippen molar-refractivity contribution in [1.82, 2.24) is 19.6 Å². The largest absolute Gasteiger partial charge is 0.421 e. The van der Waals surface area contributed by atoms with Crippen LogP contribution in [-0.4, -0.2) is 81.2 Å². The number of imide groups is 1. The van der Waals surface area contributed by atoms with E-state index in [1.165, 1.54) is 9.80 Å². The standard InChI is InChI=1S/C21H24ClN6O3/c1-13-10-14(2)28(24-13)20-23-18-17(26(20)8-9-31-4)19(29)27(21(30)25(18)3)12-15-6-5-7-16(22)11-15/h5-7,10-11,17H,8-9,12H2,1-4H3/q+1. The molecule has 1 aromatic heterocycles. The molecule has 10 heteroatoms. The number of ether oxygens (including phenoxy) is 1. The van der Waals surface area contributed by atoms with Crippen molar-refractivity contribution in [2.45, 2.75) is 26.4 Å². The lowest BCUT2D eigenvalue weighted by molar-refractivity contribution is -0.539. The van der Waals surface area contributed by atoms with Gasteiger partial charge in [0.25, 0.3) is 5.91 Å². The molecule has 1 fully saturated rings. The lowest BCUT2D eigenvalue weighted by Crippen LogP contribution is -2.62. The summed E-state index contributed by atoms with van der Waals surface area (Å²) >= 11 is 6.08. The van der Waals surface area contributed by atoms with Crippen LogP contribution in [0.1, 0.15) is 17.0 Å². The first-order valence-corrected chi connectivity index (χ1v) is 10.3. The third-order valence-electron chi connectivity index (χ3n) is 5.35. The number of benzene rings is 1. The van der Waals surface area contributed by atoms with Crippen LogP contribution in [0.15, 0.2) is 35.3 Å². The smallest absolute Gasteiger partial charge is 0.381 e. The molecule has 2 aromatic rings. The number of fused-ring (bicyclic) bond motifs is 1. The summed E-state index contributed by atoms with van der Waals surface area (Å²) in [5.41, 5.74) is 2.49. The average Bonchev–Trinajstić information content (AvgIpc) is 3.27. The molecule has 1 aromatic carbocycles. The number of rotatable bonds is 5. The van der Waals surface area contributed by atoms with Crippen molar-refractivity contribution < 1.29 is 18.9 Å². The highest BCUT2D eigenvalue weighted by Crippen LogP contribution is 2.23. The van der Waals surface area contributed by atoms with E-state index in [2.05, 4.69) is 10.1 Å². The Labute approximate surface area is 185 Å². The molecular formula is C21H24ClN6O3+. The Morgan fingerprint density at radius 1 is 1.23 bits per heavy atom. The van der Waals surface area contributed by atoms with Gasteiger partial charge in [-0.1, -0.05) is 28.7 Å². The third-order valence-corrected chi connectivity index (χ3v) is 5.59. The molecule has 0 saturated carbocycles. The molecule has 1 saturated heterocycles. The van der Waals surface area contributed by atoms with Crippen LogP contribution in [0.4, 0.5) is 4.79 Å². The van der Waals surface area contributed by atoms with Crippen LogP contribution in [-0.2, 0) is 16.1 Å². The van der Waals surface area contributed by atoms with E-state index in [4.69, 9.17) is 16.3 Å². The lowest BCUT2D eigenvalue weighted by atomic mass is 10.1. The van der Waals surface area contributed by atoms with Crippen molar-refractivity contribution in [1.29, 1.82) is 0 Å². The van der Waals surface area contributed by atoms with E-state index in [0.29, 0.717) is 30.0 Å². The second-order valence-corrected chi connectivity index (χ2v) is 8.03. The predicted molar refractivity (Wildman–Crippen MR) is 115 cm³/mol. The van der Waals surface area contributed by atoms with Gasteiger partial charge in [-0.05, 0) is 37.6 Å². The Hall–Kier alpha value is -3.04. The number of halogens is 1. The van der Waals surface area contributed by atoms with Gasteiger partial charge in [0.15, 0.2) is 0 Å². The van der Waals surface area contributed by atoms with Gasteiger partial charge in [-0.15, -0.1) is 9.78 Å². The molecule has 0 aliphatic carbocycles. The Morgan fingerprint density at radius 3 is 2.65 bits per heavy atom. The number of urea groups is 1. The summed E-state index contributed by atoms with van der Waals surface area (Å²) in [5, 5.41) is 5.07. The van der Waals surface area contributed by atoms with Crippen LogP contribution in [0, 0.1) is 13.8 Å². The Morgan fingerprint density at radius 2 is 2.00 bits per heavy atom. The Balaban J connectivity index is 1.76. The van der Waals surface area contributed by atoms with Gasteiger partial charge in [-0.3, -0.25) is 14.6 Å². The number of amidine groups is 1. The number of methoxy groups -OCH3 is 1. The number of aryl methyl sites for hydroxylation is 2. The number of likely N-dealkylation sites (N-methyl/N-ethyl adjacent to an activating group) is 1. The fourth-order valence-corrected chi connectivity index (χ4v) is 4.10. The monoisotopic (exact) mass is 443 g/mol. The molecular weight excluding hydrogens is 420 g/mol. The van der Waals surface area contributed by atoms with E-state index in [0.717, 1.165) is 17.0 Å². The summed E-state index contributed by atoms with van der Waals surface area (Å²) in [6.45, 7) is 4.75. The molecule has 9 nitrogen and oxygen atoms in total. The first-order chi connectivity index (χ1) is 14.8. The molecule has 1 atom stereocenters. The average molecular weight is 444 g/mol. The second-order valence-electron chi connectivity index (χ2n) is 7.59. The number of aromatic nitrogens is 2. The van der Waals surface area contributed by atoms with Crippen LogP contribution in [0.25, 0.3) is 0 Å². The van der Waals surface area contributed by atoms with E-state index >= 15 is 0 Å². The molecule has 2 aliphatic rings. The highest BCUT2D eigenvalue weighted by Gasteiger charge is 2.53. The quantitative estimate of drug-likeness (QED) is 0.661. The Kier molecular flexibility index (Phi) is 5.63. The minimum Gasteiger partial charge on any atom is -0.381 e. The van der Waals surface area contributed by atoms with Gasteiger partial charge in [-0.25, -0.2) is 9.37 Å². The van der Waals surface area contributed by atoms with Gasteiger partial charge in [0.05, 0.1) is 25.4 Å². The molecule has 0 radical (unpaired) electrons. The summed E-state index contributed by atoms with van der Waals surface area (Å²) < 4.78 is 8.81. The topological polar surface area (TPSA) is 83.0 Å². The van der Waals surface area contributed by atoms with Crippen LogP contribution in [0.2, 0.25) is 5.02 Å². The van der Waals surface area contributed by atoms with Crippen molar-refractivity contribution in [3.63, 3.8) is 0 Å². The normalized spacial score (nSPS) is 18.7. The molecule has 2 aliphatic heterocycles. The predicted octanol–water partition coefficient (Wildman–Crippen LogP) is 1.89. The van der Waals surface area contributed by atoms with Gasteiger partial charge < -0.3 is 4.74 Å². The second kappa shape index (κ2) is 8.24. The van der Waals surface area contributed by atoms with Crippen molar-refractivity contribution >= 4 is 35.3 Å². The summed E-state index contributed by atoms with van der Waals surface area (Å²) in [5.74, 6) is 0.547.